The first-order valence-corrected chi connectivity index (χ1v) is 10.8. The van der Waals surface area contributed by atoms with Crippen LogP contribution in [0.15, 0.2) is 29.9 Å². The van der Waals surface area contributed by atoms with Crippen LogP contribution >= 0.6 is 11.6 Å². The number of hydrogen-bond acceptors (Lipinski definition) is 4. The van der Waals surface area contributed by atoms with Crippen LogP contribution in [-0.4, -0.2) is 29.2 Å². The maximum Gasteiger partial charge on any atom is 0.171 e. The Bertz CT molecular complexity index is 823. The Kier molecular flexibility index (Phi) is 6.38. The van der Waals surface area contributed by atoms with Crippen molar-refractivity contribution in [1.82, 2.24) is 0 Å². The molecule has 0 aromatic heterocycles. The van der Waals surface area contributed by atoms with Crippen LogP contribution in [0.4, 0.5) is 0 Å². The molecule has 1 aliphatic heterocycles. The van der Waals surface area contributed by atoms with Crippen molar-refractivity contribution in [1.29, 1.82) is 0 Å². The lowest BCUT2D eigenvalue weighted by Gasteiger charge is -2.51. The van der Waals surface area contributed by atoms with Gasteiger partial charge in [-0.2, -0.15) is 0 Å². The molecular formula is C24H33ClO4. The fraction of sp³-hybridized carbons (Fsp3) is 0.583. The third-order valence-corrected chi connectivity index (χ3v) is 7.67. The molecule has 0 radical (unpaired) electrons. The molecule has 1 saturated heterocycles. The smallest absolute Gasteiger partial charge is 0.171 e. The van der Waals surface area contributed by atoms with Crippen LogP contribution in [0.3, 0.4) is 0 Å². The van der Waals surface area contributed by atoms with E-state index in [2.05, 4.69) is 32.9 Å². The first-order valence-electron chi connectivity index (χ1n) is 10.4. The Labute approximate surface area is 179 Å². The molecule has 1 heterocycles. The molecule has 2 fully saturated rings. The van der Waals surface area contributed by atoms with Crippen LogP contribution < -0.4 is 0 Å². The summed E-state index contributed by atoms with van der Waals surface area (Å²) in [7, 11) is 0. The van der Waals surface area contributed by atoms with Crippen LogP contribution in [0.2, 0.25) is 5.02 Å². The van der Waals surface area contributed by atoms with Gasteiger partial charge < -0.3 is 19.7 Å². The van der Waals surface area contributed by atoms with E-state index < -0.39 is 5.79 Å². The highest BCUT2D eigenvalue weighted by Gasteiger charge is 2.54. The second-order valence-corrected chi connectivity index (χ2v) is 9.25. The molecule has 1 aliphatic carbocycles. The minimum atomic E-state index is -0.459. The second-order valence-electron chi connectivity index (χ2n) is 8.88. The van der Waals surface area contributed by atoms with Crippen molar-refractivity contribution in [3.05, 3.63) is 46.0 Å². The predicted octanol–water partition coefficient (Wildman–Crippen LogP) is 5.92. The lowest BCUT2D eigenvalue weighted by Crippen LogP contribution is -2.52. The molecule has 0 unspecified atom stereocenters. The Morgan fingerprint density at radius 1 is 1.28 bits per heavy atom. The van der Waals surface area contributed by atoms with Gasteiger partial charge in [0, 0.05) is 17.9 Å². The first kappa shape index (κ1) is 22.2. The van der Waals surface area contributed by atoms with Crippen molar-refractivity contribution >= 4 is 11.6 Å². The third-order valence-electron chi connectivity index (χ3n) is 7.19. The largest absolute Gasteiger partial charge is 0.508 e. The number of phenolic OH excluding ortho intramolecular Hbond substituents is 2. The summed E-state index contributed by atoms with van der Waals surface area (Å²) in [6.45, 7) is 11.9. The van der Waals surface area contributed by atoms with Crippen LogP contribution in [0.25, 0.3) is 0 Å². The van der Waals surface area contributed by atoms with Crippen molar-refractivity contribution in [3.8, 4) is 11.5 Å². The molecule has 5 heteroatoms. The molecule has 160 valence electrons. The molecule has 1 aromatic rings. The highest BCUT2D eigenvalue weighted by molar-refractivity contribution is 6.33. The molecule has 29 heavy (non-hydrogen) atoms. The number of aryl methyl sites for hydroxylation is 1. The van der Waals surface area contributed by atoms with Gasteiger partial charge in [-0.15, -0.1) is 0 Å². The number of aromatic hydroxyl groups is 2. The van der Waals surface area contributed by atoms with Gasteiger partial charge in [0.2, 0.25) is 0 Å². The van der Waals surface area contributed by atoms with Crippen LogP contribution in [-0.2, 0) is 15.9 Å². The van der Waals surface area contributed by atoms with E-state index in [1.807, 2.05) is 13.0 Å². The van der Waals surface area contributed by atoms with E-state index in [4.69, 9.17) is 21.1 Å². The van der Waals surface area contributed by atoms with Crippen molar-refractivity contribution in [3.63, 3.8) is 0 Å². The average molecular weight is 421 g/mol. The molecule has 2 N–H and O–H groups in total. The highest BCUT2D eigenvalue weighted by Crippen LogP contribution is 2.53. The zero-order valence-corrected chi connectivity index (χ0v) is 18.8. The molecule has 1 aromatic carbocycles. The first-order chi connectivity index (χ1) is 13.6. The number of phenols is 2. The van der Waals surface area contributed by atoms with Crippen molar-refractivity contribution in [2.45, 2.75) is 59.7 Å². The van der Waals surface area contributed by atoms with E-state index in [1.165, 1.54) is 0 Å². The van der Waals surface area contributed by atoms with Crippen LogP contribution in [0.1, 0.15) is 51.7 Å². The molecule has 2 aliphatic rings. The van der Waals surface area contributed by atoms with Crippen molar-refractivity contribution in [2.24, 2.45) is 17.3 Å². The number of allylic oxidation sites excluding steroid dienone is 4. The van der Waals surface area contributed by atoms with Gasteiger partial charge in [-0.05, 0) is 49.7 Å². The summed E-state index contributed by atoms with van der Waals surface area (Å²) >= 11 is 6.12. The topological polar surface area (TPSA) is 58.9 Å². The Balaban J connectivity index is 1.79. The zero-order chi connectivity index (χ0) is 21.4. The van der Waals surface area contributed by atoms with E-state index in [0.717, 1.165) is 18.4 Å². The number of rotatable bonds is 4. The summed E-state index contributed by atoms with van der Waals surface area (Å²) in [5.41, 5.74) is 2.12. The normalized spacial score (nSPS) is 29.8. The average Bonchev–Trinajstić information content (AvgIpc) is 3.16. The van der Waals surface area contributed by atoms with E-state index in [-0.39, 0.29) is 22.8 Å². The summed E-state index contributed by atoms with van der Waals surface area (Å²) in [5.74, 6) is 0.324. The quantitative estimate of drug-likeness (QED) is 0.593. The molecule has 3 rings (SSSR count). The summed E-state index contributed by atoms with van der Waals surface area (Å²) in [6.07, 6.45) is 8.83. The fourth-order valence-corrected chi connectivity index (χ4v) is 4.83. The van der Waals surface area contributed by atoms with Gasteiger partial charge in [0.15, 0.2) is 5.79 Å². The van der Waals surface area contributed by atoms with Gasteiger partial charge in [0.1, 0.15) is 11.5 Å². The number of ether oxygens (including phenoxy) is 2. The third kappa shape index (κ3) is 4.08. The minimum absolute atomic E-state index is 0.0452. The standard InChI is InChI=1S/C24H33ClO4/c1-15(6-7-19-20(26)14-16(2)21(25)22(19)27)8-10-23(5)17(3)9-11-24(18(23)4)28-12-13-29-24/h6,8,10,14,17-18,26-27H,7,9,11-13H2,1-5H3/b10-8+,15-6+/t17-,18-,23+/m1/s1. The summed E-state index contributed by atoms with van der Waals surface area (Å²) in [6, 6.07) is 1.59. The molecule has 0 amide bonds. The Morgan fingerprint density at radius 3 is 2.59 bits per heavy atom. The molecule has 0 bridgehead atoms. The van der Waals surface area contributed by atoms with Crippen molar-refractivity contribution < 1.29 is 19.7 Å². The van der Waals surface area contributed by atoms with Gasteiger partial charge in [-0.1, -0.05) is 56.2 Å². The van der Waals surface area contributed by atoms with E-state index >= 15 is 0 Å². The Morgan fingerprint density at radius 2 is 1.93 bits per heavy atom. The lowest BCUT2D eigenvalue weighted by molar-refractivity contribution is -0.240. The van der Waals surface area contributed by atoms with Gasteiger partial charge >= 0.3 is 0 Å². The van der Waals surface area contributed by atoms with Gasteiger partial charge in [0.25, 0.3) is 0 Å². The molecule has 3 atom stereocenters. The molecule has 4 nitrogen and oxygen atoms in total. The number of halogens is 1. The van der Waals surface area contributed by atoms with Crippen molar-refractivity contribution in [2.75, 3.05) is 13.2 Å². The lowest BCUT2D eigenvalue weighted by atomic mass is 9.59. The number of benzene rings is 1. The maximum atomic E-state index is 10.3. The monoisotopic (exact) mass is 420 g/mol. The van der Waals surface area contributed by atoms with Crippen LogP contribution in [0, 0.1) is 24.2 Å². The highest BCUT2D eigenvalue weighted by atomic mass is 35.5. The molecule has 1 saturated carbocycles. The predicted molar refractivity (Wildman–Crippen MR) is 116 cm³/mol. The Hall–Kier alpha value is -1.49. The van der Waals surface area contributed by atoms with Gasteiger partial charge in [0.05, 0.1) is 18.2 Å². The summed E-state index contributed by atoms with van der Waals surface area (Å²) in [4.78, 5) is 0. The van der Waals surface area contributed by atoms with E-state index in [0.29, 0.717) is 41.7 Å². The molecular weight excluding hydrogens is 388 g/mol. The minimum Gasteiger partial charge on any atom is -0.508 e. The second kappa shape index (κ2) is 8.33. The van der Waals surface area contributed by atoms with Crippen LogP contribution in [0.5, 0.6) is 11.5 Å². The summed E-state index contributed by atoms with van der Waals surface area (Å²) in [5, 5.41) is 20.7. The fourth-order valence-electron chi connectivity index (χ4n) is 4.66. The van der Waals surface area contributed by atoms with Gasteiger partial charge in [-0.25, -0.2) is 0 Å². The zero-order valence-electron chi connectivity index (χ0n) is 18.1. The van der Waals surface area contributed by atoms with E-state index in [1.54, 1.807) is 13.0 Å². The molecule has 1 spiro atoms. The summed E-state index contributed by atoms with van der Waals surface area (Å²) < 4.78 is 12.1. The van der Waals surface area contributed by atoms with Gasteiger partial charge in [-0.3, -0.25) is 0 Å². The SMILES string of the molecule is CC(/C=C/[C@@]1(C)[C@H](C)CCC2(OCCO2)[C@@H]1C)=C\Cc1c(O)cc(C)c(Cl)c1O. The maximum absolute atomic E-state index is 10.3. The van der Waals surface area contributed by atoms with E-state index in [9.17, 15) is 10.2 Å². The number of hydrogen-bond donors (Lipinski definition) is 2.